The zero-order valence-corrected chi connectivity index (χ0v) is 19.1. The van der Waals surface area contributed by atoms with Crippen LogP contribution in [-0.4, -0.2) is 36.6 Å². The monoisotopic (exact) mass is 383 g/mol. The number of likely N-dealkylation sites (N-methyl/N-ethyl adjacent to an activating group) is 1. The van der Waals surface area contributed by atoms with Crippen LogP contribution in [0, 0.1) is 0 Å². The fourth-order valence-electron chi connectivity index (χ4n) is 4.15. The van der Waals surface area contributed by atoms with Crippen molar-refractivity contribution < 1.29 is 9.28 Å². The molecule has 0 heterocycles. The van der Waals surface area contributed by atoms with Gasteiger partial charge in [0.1, 0.15) is 0 Å². The Morgan fingerprint density at radius 3 is 1.33 bits per heavy atom. The summed E-state index contributed by atoms with van der Waals surface area (Å²) >= 11 is 0. The van der Waals surface area contributed by atoms with Gasteiger partial charge in [-0.2, -0.15) is 0 Å². The number of nitrogens with zero attached hydrogens (tertiary/aromatic N) is 1. The normalized spacial score (nSPS) is 11.9. The van der Waals surface area contributed by atoms with Crippen molar-refractivity contribution in [2.75, 3.05) is 26.2 Å². The van der Waals surface area contributed by atoms with Crippen molar-refractivity contribution in [1.82, 2.24) is 0 Å². The number of carbonyl (C=O) groups excluding carboxylic acids is 1. The number of hydrogen-bond acceptors (Lipinski definition) is 2. The second kappa shape index (κ2) is 18.9. The van der Waals surface area contributed by atoms with Crippen molar-refractivity contribution in [3.63, 3.8) is 0 Å². The highest BCUT2D eigenvalue weighted by Gasteiger charge is 2.31. The maximum Gasteiger partial charge on any atom is 0.313 e. The molecule has 162 valence electrons. The molecule has 0 saturated heterocycles. The Kier molecular flexibility index (Phi) is 18.6. The molecule has 3 nitrogen and oxygen atoms in total. The molecule has 3 heteroatoms. The number of rotatable bonds is 20. The molecular formula is C24H51N2O+. The van der Waals surface area contributed by atoms with Gasteiger partial charge in [-0.1, -0.05) is 96.8 Å². The summed E-state index contributed by atoms with van der Waals surface area (Å²) in [5.74, 6) is 0.403. The fraction of sp³-hybridized carbons (Fsp3) is 0.958. The van der Waals surface area contributed by atoms with Crippen LogP contribution in [0.25, 0.3) is 0 Å². The van der Waals surface area contributed by atoms with Gasteiger partial charge in [-0.05, 0) is 20.3 Å². The smallest absolute Gasteiger partial charge is 0.313 e. The van der Waals surface area contributed by atoms with Crippen LogP contribution in [0.1, 0.15) is 124 Å². The van der Waals surface area contributed by atoms with Crippen LogP contribution < -0.4 is 5.73 Å². The molecule has 27 heavy (non-hydrogen) atoms. The zero-order chi connectivity index (χ0) is 20.2. The molecule has 2 N–H and O–H groups in total. The molecule has 0 aliphatic heterocycles. The van der Waals surface area contributed by atoms with Gasteiger partial charge in [0.25, 0.3) is 0 Å². The van der Waals surface area contributed by atoms with Gasteiger partial charge in [0, 0.05) is 6.54 Å². The van der Waals surface area contributed by atoms with Gasteiger partial charge in [0.2, 0.25) is 0 Å². The molecule has 0 aromatic carbocycles. The summed E-state index contributed by atoms with van der Waals surface area (Å²) in [4.78, 5) is 12.6. The first-order valence-electron chi connectivity index (χ1n) is 12.3. The van der Waals surface area contributed by atoms with E-state index in [0.29, 0.717) is 16.9 Å². The lowest BCUT2D eigenvalue weighted by Gasteiger charge is -2.33. The van der Waals surface area contributed by atoms with Gasteiger partial charge in [-0.15, -0.1) is 0 Å². The maximum atomic E-state index is 12.6. The average Bonchev–Trinajstić information content (AvgIpc) is 2.69. The summed E-state index contributed by atoms with van der Waals surface area (Å²) in [5, 5.41) is 0. The van der Waals surface area contributed by atoms with E-state index >= 15 is 0 Å². The summed E-state index contributed by atoms with van der Waals surface area (Å²) in [7, 11) is 0. The van der Waals surface area contributed by atoms with Crippen LogP contribution in [0.3, 0.4) is 0 Å². The van der Waals surface area contributed by atoms with E-state index in [1.165, 1.54) is 89.9 Å². The zero-order valence-electron chi connectivity index (χ0n) is 19.1. The van der Waals surface area contributed by atoms with E-state index < -0.39 is 0 Å². The fourth-order valence-corrected chi connectivity index (χ4v) is 4.15. The second-order valence-corrected chi connectivity index (χ2v) is 8.38. The van der Waals surface area contributed by atoms with E-state index in [0.717, 1.165) is 32.5 Å². The molecule has 0 saturated carbocycles. The summed E-state index contributed by atoms with van der Waals surface area (Å²) in [6.45, 7) is 9.67. The van der Waals surface area contributed by atoms with E-state index in [4.69, 9.17) is 5.73 Å². The topological polar surface area (TPSA) is 43.1 Å². The molecule has 0 unspecified atom stereocenters. The highest BCUT2D eigenvalue weighted by Crippen LogP contribution is 2.15. The van der Waals surface area contributed by atoms with Crippen molar-refractivity contribution in [2.24, 2.45) is 5.73 Å². The van der Waals surface area contributed by atoms with Crippen molar-refractivity contribution in [2.45, 2.75) is 124 Å². The van der Waals surface area contributed by atoms with Crippen molar-refractivity contribution in [3.05, 3.63) is 0 Å². The Morgan fingerprint density at radius 2 is 1.00 bits per heavy atom. The van der Waals surface area contributed by atoms with E-state index in [9.17, 15) is 4.79 Å². The Morgan fingerprint density at radius 1 is 0.630 bits per heavy atom. The van der Waals surface area contributed by atoms with Gasteiger partial charge in [0.15, 0.2) is 0 Å². The van der Waals surface area contributed by atoms with Gasteiger partial charge in [0.05, 0.1) is 26.1 Å². The third kappa shape index (κ3) is 13.4. The van der Waals surface area contributed by atoms with Crippen molar-refractivity contribution in [3.8, 4) is 0 Å². The summed E-state index contributed by atoms with van der Waals surface area (Å²) in [5.41, 5.74) is 5.72. The molecule has 0 rings (SSSR count). The lowest BCUT2D eigenvalue weighted by atomic mass is 10.0. The summed E-state index contributed by atoms with van der Waals surface area (Å²) < 4.78 is 0.578. The second-order valence-electron chi connectivity index (χ2n) is 8.38. The van der Waals surface area contributed by atoms with Crippen LogP contribution in [0.4, 0.5) is 0 Å². The lowest BCUT2D eigenvalue weighted by molar-refractivity contribution is -0.849. The van der Waals surface area contributed by atoms with E-state index in [1.54, 1.807) is 0 Å². The van der Waals surface area contributed by atoms with E-state index in [1.807, 2.05) is 0 Å². The van der Waals surface area contributed by atoms with Crippen LogP contribution in [0.2, 0.25) is 0 Å². The highest BCUT2D eigenvalue weighted by molar-refractivity contribution is 5.69. The van der Waals surface area contributed by atoms with Crippen LogP contribution in [0.5, 0.6) is 0 Å². The number of amides is 1. The van der Waals surface area contributed by atoms with Gasteiger partial charge < -0.3 is 5.73 Å². The Labute approximate surface area is 171 Å². The van der Waals surface area contributed by atoms with Crippen LogP contribution >= 0.6 is 0 Å². The van der Waals surface area contributed by atoms with Gasteiger partial charge >= 0.3 is 5.91 Å². The Bertz CT molecular complexity index is 326. The Hall–Kier alpha value is -0.410. The van der Waals surface area contributed by atoms with E-state index in [2.05, 4.69) is 20.8 Å². The standard InChI is InChI=1S/C24H51N2O/c1-4-7-8-9-10-11-12-13-14-15-16-17-18-19-20-21-24(27)26(5-2,6-3)23-22-25/h4-23,25H2,1-3H3/q+1. The molecule has 0 aliphatic carbocycles. The largest absolute Gasteiger partial charge is 0.326 e. The molecule has 0 bridgehead atoms. The number of hydrogen-bond donors (Lipinski definition) is 1. The number of quaternary nitrogens is 1. The molecule has 0 aliphatic rings. The Balaban J connectivity index is 3.46. The SMILES string of the molecule is CCCCCCCCCCCCCCCCCC(=O)[N+](CC)(CC)CCN. The first-order chi connectivity index (χ1) is 13.2. The first kappa shape index (κ1) is 26.6. The molecule has 1 amide bonds. The molecule has 0 fully saturated rings. The summed E-state index contributed by atoms with van der Waals surface area (Å²) in [6, 6.07) is 0. The first-order valence-corrected chi connectivity index (χ1v) is 12.3. The quantitative estimate of drug-likeness (QED) is 0.190. The number of unbranched alkanes of at least 4 members (excludes halogenated alkanes) is 14. The average molecular weight is 384 g/mol. The maximum absolute atomic E-state index is 12.6. The highest BCUT2D eigenvalue weighted by atomic mass is 16.2. The van der Waals surface area contributed by atoms with Gasteiger partial charge in [-0.25, -0.2) is 4.79 Å². The minimum atomic E-state index is 0.403. The molecule has 0 spiro atoms. The lowest BCUT2D eigenvalue weighted by Crippen LogP contribution is -2.54. The third-order valence-corrected chi connectivity index (χ3v) is 6.29. The predicted molar refractivity (Wildman–Crippen MR) is 120 cm³/mol. The molecule has 0 aromatic rings. The van der Waals surface area contributed by atoms with E-state index in [-0.39, 0.29) is 0 Å². The molecule has 0 aromatic heterocycles. The molecule has 0 radical (unpaired) electrons. The minimum absolute atomic E-state index is 0.403. The van der Waals surface area contributed by atoms with Gasteiger partial charge in [-0.3, -0.25) is 4.48 Å². The molecular weight excluding hydrogens is 332 g/mol. The molecule has 0 atom stereocenters. The number of nitrogens with two attached hydrogens (primary N) is 1. The van der Waals surface area contributed by atoms with Crippen molar-refractivity contribution in [1.29, 1.82) is 0 Å². The number of carbonyl (C=O) groups is 1. The summed E-state index contributed by atoms with van der Waals surface area (Å²) in [6.07, 6.45) is 21.2. The predicted octanol–water partition coefficient (Wildman–Crippen LogP) is 6.59. The minimum Gasteiger partial charge on any atom is -0.326 e. The third-order valence-electron chi connectivity index (χ3n) is 6.29. The van der Waals surface area contributed by atoms with Crippen molar-refractivity contribution >= 4 is 5.91 Å². The van der Waals surface area contributed by atoms with Crippen LogP contribution in [0.15, 0.2) is 0 Å². The van der Waals surface area contributed by atoms with Crippen LogP contribution in [-0.2, 0) is 4.79 Å².